The smallest absolute Gasteiger partial charge is 0.264 e. The average Bonchev–Trinajstić information content (AvgIpc) is 3.04. The van der Waals surface area contributed by atoms with Gasteiger partial charge in [-0.1, -0.05) is 96.9 Å². The van der Waals surface area contributed by atoms with Crippen molar-refractivity contribution in [3.8, 4) is 0 Å². The van der Waals surface area contributed by atoms with Crippen LogP contribution in [0, 0.1) is 5.82 Å². The molecule has 45 heavy (non-hydrogen) atoms. The lowest BCUT2D eigenvalue weighted by Crippen LogP contribution is -2.54. The number of anilines is 1. The fraction of sp³-hybridized carbons (Fsp3) is 0.235. The van der Waals surface area contributed by atoms with E-state index in [2.05, 4.69) is 5.32 Å². The van der Waals surface area contributed by atoms with Crippen LogP contribution in [-0.2, 0) is 32.6 Å². The third-order valence-corrected chi connectivity index (χ3v) is 9.85. The molecule has 0 spiro atoms. The molecule has 4 aromatic carbocycles. The molecule has 0 aliphatic heterocycles. The Kier molecular flexibility index (Phi) is 11.6. The van der Waals surface area contributed by atoms with E-state index in [-0.39, 0.29) is 34.6 Å². The monoisotopic (exact) mass is 669 g/mol. The molecule has 0 aromatic heterocycles. The number of hydrogen-bond donors (Lipinski definition) is 1. The van der Waals surface area contributed by atoms with E-state index in [0.29, 0.717) is 17.0 Å². The van der Waals surface area contributed by atoms with Crippen molar-refractivity contribution in [1.29, 1.82) is 0 Å². The van der Waals surface area contributed by atoms with E-state index in [0.717, 1.165) is 15.9 Å². The predicted octanol–water partition coefficient (Wildman–Crippen LogP) is 6.88. The Morgan fingerprint density at radius 1 is 0.844 bits per heavy atom. The maximum atomic E-state index is 15.2. The molecule has 11 heteroatoms. The minimum absolute atomic E-state index is 0.0996. The highest BCUT2D eigenvalue weighted by atomic mass is 35.5. The van der Waals surface area contributed by atoms with Crippen molar-refractivity contribution in [3.05, 3.63) is 130 Å². The lowest BCUT2D eigenvalue weighted by atomic mass is 10.0. The molecule has 0 radical (unpaired) electrons. The number of nitrogens with one attached hydrogen (secondary N) is 1. The Balaban J connectivity index is 1.82. The maximum Gasteiger partial charge on any atom is 0.264 e. The molecule has 1 N–H and O–H groups in total. The fourth-order valence-corrected chi connectivity index (χ4v) is 6.48. The molecule has 7 nitrogen and oxygen atoms in total. The fourth-order valence-electron chi connectivity index (χ4n) is 4.72. The van der Waals surface area contributed by atoms with Crippen LogP contribution in [-0.4, -0.2) is 43.8 Å². The van der Waals surface area contributed by atoms with Crippen LogP contribution < -0.4 is 9.62 Å². The van der Waals surface area contributed by atoms with Crippen LogP contribution in [0.25, 0.3) is 0 Å². The van der Waals surface area contributed by atoms with Crippen molar-refractivity contribution in [1.82, 2.24) is 10.2 Å². The first-order valence-electron chi connectivity index (χ1n) is 14.4. The molecular weight excluding hydrogens is 636 g/mol. The SMILES string of the molecule is CCC(C)NC(=O)C(Cc1ccccc1)N(Cc1ccc(Cl)c(Cl)c1)C(=O)CN(c1ccccc1F)S(=O)(=O)c1ccccc1. The van der Waals surface area contributed by atoms with Gasteiger partial charge in [0.15, 0.2) is 0 Å². The third-order valence-electron chi connectivity index (χ3n) is 7.34. The van der Waals surface area contributed by atoms with Gasteiger partial charge in [-0.25, -0.2) is 12.8 Å². The van der Waals surface area contributed by atoms with Crippen molar-refractivity contribution in [3.63, 3.8) is 0 Å². The molecule has 0 aliphatic carbocycles. The zero-order valence-corrected chi connectivity index (χ0v) is 27.2. The van der Waals surface area contributed by atoms with E-state index in [4.69, 9.17) is 23.2 Å². The minimum atomic E-state index is -4.41. The Labute approximate surface area is 273 Å². The van der Waals surface area contributed by atoms with E-state index < -0.39 is 40.2 Å². The number of rotatable bonds is 13. The van der Waals surface area contributed by atoms with Gasteiger partial charge in [0.2, 0.25) is 11.8 Å². The molecular formula is C34H34Cl2FN3O4S. The molecule has 0 bridgehead atoms. The van der Waals surface area contributed by atoms with Crippen LogP contribution >= 0.6 is 23.2 Å². The molecule has 0 saturated carbocycles. The first-order valence-corrected chi connectivity index (χ1v) is 16.6. The van der Waals surface area contributed by atoms with Gasteiger partial charge in [0, 0.05) is 19.0 Å². The predicted molar refractivity (Wildman–Crippen MR) is 176 cm³/mol. The summed E-state index contributed by atoms with van der Waals surface area (Å²) in [5.74, 6) is -1.95. The number of hydrogen-bond acceptors (Lipinski definition) is 4. The van der Waals surface area contributed by atoms with Crippen LogP contribution in [0.15, 0.2) is 108 Å². The van der Waals surface area contributed by atoms with Crippen molar-refractivity contribution in [2.75, 3.05) is 10.8 Å². The number of carbonyl (C=O) groups excluding carboxylic acids is 2. The summed E-state index contributed by atoms with van der Waals surface area (Å²) < 4.78 is 43.8. The van der Waals surface area contributed by atoms with E-state index in [9.17, 15) is 18.0 Å². The zero-order valence-electron chi connectivity index (χ0n) is 24.9. The number of halogens is 3. The van der Waals surface area contributed by atoms with Crippen molar-refractivity contribution in [2.24, 2.45) is 0 Å². The molecule has 0 fully saturated rings. The molecule has 2 unspecified atom stereocenters. The number of amides is 2. The van der Waals surface area contributed by atoms with E-state index in [1.165, 1.54) is 35.2 Å². The third kappa shape index (κ3) is 8.63. The quantitative estimate of drug-likeness (QED) is 0.168. The van der Waals surface area contributed by atoms with Gasteiger partial charge in [-0.2, -0.15) is 0 Å². The van der Waals surface area contributed by atoms with Crippen LogP contribution in [0.3, 0.4) is 0 Å². The summed E-state index contributed by atoms with van der Waals surface area (Å²) in [5.41, 5.74) is 1.06. The number of carbonyl (C=O) groups is 2. The topological polar surface area (TPSA) is 86.8 Å². The van der Waals surface area contributed by atoms with Crippen LogP contribution in [0.1, 0.15) is 31.4 Å². The van der Waals surface area contributed by atoms with Crippen molar-refractivity contribution in [2.45, 2.75) is 50.2 Å². The second-order valence-electron chi connectivity index (χ2n) is 10.6. The standard InChI is InChI=1S/C34H34Cl2FN3O4S/c1-3-24(2)38-34(42)32(21-25-12-6-4-7-13-25)39(22-26-18-19-28(35)29(36)20-26)33(41)23-40(31-17-11-10-16-30(31)37)45(43,44)27-14-8-5-9-15-27/h4-20,24,32H,3,21-23H2,1-2H3,(H,38,42). The summed E-state index contributed by atoms with van der Waals surface area (Å²) in [6.07, 6.45) is 0.794. The molecule has 0 heterocycles. The van der Waals surface area contributed by atoms with Gasteiger partial charge >= 0.3 is 0 Å². The summed E-state index contributed by atoms with van der Waals surface area (Å²) >= 11 is 12.4. The highest BCUT2D eigenvalue weighted by molar-refractivity contribution is 7.92. The summed E-state index contributed by atoms with van der Waals surface area (Å²) in [5, 5.41) is 3.54. The molecule has 2 amide bonds. The first-order chi connectivity index (χ1) is 21.5. The summed E-state index contributed by atoms with van der Waals surface area (Å²) in [4.78, 5) is 29.5. The van der Waals surface area contributed by atoms with E-state index in [1.54, 1.807) is 36.4 Å². The Morgan fingerprint density at radius 2 is 1.47 bits per heavy atom. The number of para-hydroxylation sites is 1. The van der Waals surface area contributed by atoms with Crippen LogP contribution in [0.5, 0.6) is 0 Å². The second-order valence-corrected chi connectivity index (χ2v) is 13.2. The first kappa shape index (κ1) is 34.0. The minimum Gasteiger partial charge on any atom is -0.352 e. The van der Waals surface area contributed by atoms with E-state index in [1.807, 2.05) is 44.2 Å². The van der Waals surface area contributed by atoms with Crippen LogP contribution in [0.4, 0.5) is 10.1 Å². The molecule has 4 aromatic rings. The zero-order chi connectivity index (χ0) is 32.6. The van der Waals surface area contributed by atoms with Crippen LogP contribution in [0.2, 0.25) is 10.0 Å². The molecule has 0 aliphatic rings. The van der Waals surface area contributed by atoms with Gasteiger partial charge < -0.3 is 10.2 Å². The largest absolute Gasteiger partial charge is 0.352 e. The Bertz CT molecular complexity index is 1730. The average molecular weight is 671 g/mol. The molecule has 0 saturated heterocycles. The molecule has 4 rings (SSSR count). The van der Waals surface area contributed by atoms with Gasteiger partial charge in [0.1, 0.15) is 18.4 Å². The maximum absolute atomic E-state index is 15.2. The highest BCUT2D eigenvalue weighted by Gasteiger charge is 2.35. The van der Waals surface area contributed by atoms with E-state index >= 15 is 4.39 Å². The number of benzene rings is 4. The van der Waals surface area contributed by atoms with Gasteiger partial charge in [-0.05, 0) is 60.9 Å². The summed E-state index contributed by atoms with van der Waals surface area (Å²) in [6.45, 7) is 2.91. The second kappa shape index (κ2) is 15.4. The Morgan fingerprint density at radius 3 is 2.09 bits per heavy atom. The van der Waals surface area contributed by atoms with Gasteiger partial charge in [-0.3, -0.25) is 13.9 Å². The highest BCUT2D eigenvalue weighted by Crippen LogP contribution is 2.28. The lowest BCUT2D eigenvalue weighted by molar-refractivity contribution is -0.140. The van der Waals surface area contributed by atoms with Gasteiger partial charge in [0.25, 0.3) is 10.0 Å². The lowest BCUT2D eigenvalue weighted by Gasteiger charge is -2.34. The van der Waals surface area contributed by atoms with Crippen molar-refractivity contribution >= 4 is 50.7 Å². The summed E-state index contributed by atoms with van der Waals surface area (Å²) in [7, 11) is -4.41. The number of sulfonamides is 1. The summed E-state index contributed by atoms with van der Waals surface area (Å²) in [6, 6.07) is 25.6. The van der Waals surface area contributed by atoms with Gasteiger partial charge in [-0.15, -0.1) is 0 Å². The number of nitrogens with zero attached hydrogens (tertiary/aromatic N) is 2. The van der Waals surface area contributed by atoms with Gasteiger partial charge in [0.05, 0.1) is 20.6 Å². The molecule has 2 atom stereocenters. The normalized spacial score (nSPS) is 12.6. The molecule has 236 valence electrons. The Hall–Kier alpha value is -3.92. The van der Waals surface area contributed by atoms with Crippen molar-refractivity contribution < 1.29 is 22.4 Å².